The van der Waals surface area contributed by atoms with E-state index in [4.69, 9.17) is 11.6 Å². The molecule has 0 saturated carbocycles. The van der Waals surface area contributed by atoms with Crippen molar-refractivity contribution in [2.75, 3.05) is 16.4 Å². The zero-order valence-electron chi connectivity index (χ0n) is 22.9. The van der Waals surface area contributed by atoms with E-state index in [1.807, 2.05) is 60.0 Å². The highest BCUT2D eigenvalue weighted by molar-refractivity contribution is 9.10. The number of benzene rings is 4. The molecule has 4 aromatic carbocycles. The van der Waals surface area contributed by atoms with Crippen LogP contribution in [0.15, 0.2) is 124 Å². The molecule has 44 heavy (non-hydrogen) atoms. The van der Waals surface area contributed by atoms with Crippen molar-refractivity contribution in [1.82, 2.24) is 10.3 Å². The van der Waals surface area contributed by atoms with Crippen molar-refractivity contribution in [1.29, 1.82) is 0 Å². The molecule has 0 spiro atoms. The van der Waals surface area contributed by atoms with Crippen LogP contribution in [0.3, 0.4) is 0 Å². The standard InChI is InChI=1S/C33H24BrClN4O3S2/c34-23-15-13-21(14-16-23)17-28(37-31(41)22-7-2-1-3-8-22)32(42)36-24-9-6-10-25(18-24)43-20-30(40)39-33-38-29(19-44-33)26-11-4-5-12-27(26)35/h1-19H,20H2,(H,36,42)(H,37,41)(H,38,39,40)/b28-17-. The Morgan fingerprint density at radius 1 is 0.886 bits per heavy atom. The highest BCUT2D eigenvalue weighted by Crippen LogP contribution is 2.30. The number of hydrogen-bond donors (Lipinski definition) is 3. The number of aromatic nitrogens is 1. The van der Waals surface area contributed by atoms with Crippen molar-refractivity contribution in [3.63, 3.8) is 0 Å². The monoisotopic (exact) mass is 702 g/mol. The minimum absolute atomic E-state index is 0.0817. The van der Waals surface area contributed by atoms with Gasteiger partial charge in [-0.15, -0.1) is 23.1 Å². The molecule has 11 heteroatoms. The van der Waals surface area contributed by atoms with Crippen molar-refractivity contribution in [3.05, 3.63) is 135 Å². The van der Waals surface area contributed by atoms with E-state index in [-0.39, 0.29) is 17.4 Å². The van der Waals surface area contributed by atoms with Gasteiger partial charge in [-0.2, -0.15) is 0 Å². The van der Waals surface area contributed by atoms with E-state index in [1.165, 1.54) is 23.1 Å². The van der Waals surface area contributed by atoms with Crippen LogP contribution < -0.4 is 16.0 Å². The molecule has 0 aliphatic heterocycles. The van der Waals surface area contributed by atoms with Gasteiger partial charge in [-0.3, -0.25) is 14.4 Å². The molecular weight excluding hydrogens is 680 g/mol. The molecule has 0 bridgehead atoms. The van der Waals surface area contributed by atoms with Gasteiger partial charge in [0.15, 0.2) is 5.13 Å². The number of amides is 3. The largest absolute Gasteiger partial charge is 0.321 e. The summed E-state index contributed by atoms with van der Waals surface area (Å²) in [5, 5.41) is 11.3. The quantitative estimate of drug-likeness (QED) is 0.100. The lowest BCUT2D eigenvalue weighted by molar-refractivity contribution is -0.114. The molecule has 0 saturated heterocycles. The molecule has 5 rings (SSSR count). The van der Waals surface area contributed by atoms with Gasteiger partial charge in [-0.05, 0) is 60.2 Å². The van der Waals surface area contributed by atoms with E-state index in [2.05, 4.69) is 36.9 Å². The Morgan fingerprint density at radius 2 is 1.64 bits per heavy atom. The van der Waals surface area contributed by atoms with E-state index in [0.29, 0.717) is 27.1 Å². The SMILES string of the molecule is O=C(CSc1cccc(NC(=O)/C(=C/c2ccc(Br)cc2)NC(=O)c2ccccc2)c1)Nc1nc(-c2ccccc2Cl)cs1. The Kier molecular flexibility index (Phi) is 10.6. The van der Waals surface area contributed by atoms with Crippen molar-refractivity contribution < 1.29 is 14.4 Å². The normalized spacial score (nSPS) is 11.1. The van der Waals surface area contributed by atoms with Crippen LogP contribution in [-0.4, -0.2) is 28.5 Å². The van der Waals surface area contributed by atoms with E-state index >= 15 is 0 Å². The number of anilines is 2. The van der Waals surface area contributed by atoms with Crippen LogP contribution in [0.5, 0.6) is 0 Å². The Morgan fingerprint density at radius 3 is 2.41 bits per heavy atom. The van der Waals surface area contributed by atoms with E-state index < -0.39 is 11.8 Å². The highest BCUT2D eigenvalue weighted by Gasteiger charge is 2.16. The topological polar surface area (TPSA) is 100 Å². The predicted octanol–water partition coefficient (Wildman–Crippen LogP) is 8.37. The number of thiazole rings is 1. The van der Waals surface area contributed by atoms with Crippen LogP contribution in [0.4, 0.5) is 10.8 Å². The first-order valence-corrected chi connectivity index (χ1v) is 16.3. The van der Waals surface area contributed by atoms with Crippen LogP contribution in [0.25, 0.3) is 17.3 Å². The third kappa shape index (κ3) is 8.67. The zero-order valence-corrected chi connectivity index (χ0v) is 26.9. The molecule has 0 aliphatic rings. The first kappa shape index (κ1) is 31.2. The van der Waals surface area contributed by atoms with Gasteiger partial charge < -0.3 is 16.0 Å². The summed E-state index contributed by atoms with van der Waals surface area (Å²) in [5.74, 6) is -0.970. The van der Waals surface area contributed by atoms with Crippen LogP contribution in [0, 0.1) is 0 Å². The Balaban J connectivity index is 1.22. The number of nitrogens with zero attached hydrogens (tertiary/aromatic N) is 1. The summed E-state index contributed by atoms with van der Waals surface area (Å²) in [6.45, 7) is 0. The van der Waals surface area contributed by atoms with E-state index in [1.54, 1.807) is 54.6 Å². The Hall–Kier alpha value is -4.22. The molecular formula is C33H24BrClN4O3S2. The maximum absolute atomic E-state index is 13.4. The summed E-state index contributed by atoms with van der Waals surface area (Å²) in [5.41, 5.74) is 3.26. The van der Waals surface area contributed by atoms with Crippen molar-refractivity contribution in [2.45, 2.75) is 4.90 Å². The molecule has 0 fully saturated rings. The molecule has 220 valence electrons. The van der Waals surface area contributed by atoms with E-state index in [0.717, 1.165) is 20.5 Å². The minimum Gasteiger partial charge on any atom is -0.321 e. The molecule has 3 N–H and O–H groups in total. The van der Waals surface area contributed by atoms with Gasteiger partial charge in [0.1, 0.15) is 5.70 Å². The molecule has 5 aromatic rings. The van der Waals surface area contributed by atoms with Gasteiger partial charge in [0.05, 0.1) is 11.4 Å². The van der Waals surface area contributed by atoms with Gasteiger partial charge in [0.2, 0.25) is 5.91 Å². The first-order chi connectivity index (χ1) is 21.3. The Labute approximate surface area is 275 Å². The fourth-order valence-corrected chi connectivity index (χ4v) is 5.94. The van der Waals surface area contributed by atoms with Crippen molar-refractivity contribution >= 4 is 85.2 Å². The van der Waals surface area contributed by atoms with E-state index in [9.17, 15) is 14.4 Å². The van der Waals surface area contributed by atoms with Gasteiger partial charge in [-0.1, -0.05) is 82.1 Å². The van der Waals surface area contributed by atoms with Crippen LogP contribution in [-0.2, 0) is 9.59 Å². The zero-order chi connectivity index (χ0) is 30.9. The number of rotatable bonds is 10. The van der Waals surface area contributed by atoms with Gasteiger partial charge in [0.25, 0.3) is 11.8 Å². The molecule has 0 radical (unpaired) electrons. The molecule has 1 heterocycles. The van der Waals surface area contributed by atoms with Crippen LogP contribution in [0.2, 0.25) is 5.02 Å². The second-order valence-corrected chi connectivity index (χ2v) is 12.5. The summed E-state index contributed by atoms with van der Waals surface area (Å²) in [6.07, 6.45) is 1.61. The van der Waals surface area contributed by atoms with Crippen molar-refractivity contribution in [3.8, 4) is 11.3 Å². The second kappa shape index (κ2) is 15.0. The number of hydrogen-bond acceptors (Lipinski definition) is 6. The third-order valence-electron chi connectivity index (χ3n) is 6.07. The average Bonchev–Trinajstić information content (AvgIpc) is 3.49. The molecule has 7 nitrogen and oxygen atoms in total. The number of nitrogens with one attached hydrogen (secondary N) is 3. The first-order valence-electron chi connectivity index (χ1n) is 13.2. The smallest absolute Gasteiger partial charge is 0.272 e. The maximum atomic E-state index is 13.4. The van der Waals surface area contributed by atoms with Gasteiger partial charge >= 0.3 is 0 Å². The summed E-state index contributed by atoms with van der Waals surface area (Å²) in [4.78, 5) is 44.2. The summed E-state index contributed by atoms with van der Waals surface area (Å²) >= 11 is 12.3. The highest BCUT2D eigenvalue weighted by atomic mass is 79.9. The van der Waals surface area contributed by atoms with Crippen molar-refractivity contribution in [2.24, 2.45) is 0 Å². The second-order valence-electron chi connectivity index (χ2n) is 9.27. The lowest BCUT2D eigenvalue weighted by Crippen LogP contribution is -2.30. The summed E-state index contributed by atoms with van der Waals surface area (Å²) in [7, 11) is 0. The number of carbonyl (C=O) groups is 3. The van der Waals surface area contributed by atoms with Gasteiger partial charge in [0, 0.05) is 36.6 Å². The summed E-state index contributed by atoms with van der Waals surface area (Å²) < 4.78 is 0.894. The Bertz CT molecular complexity index is 1830. The van der Waals surface area contributed by atoms with Crippen LogP contribution in [0.1, 0.15) is 15.9 Å². The number of carbonyl (C=O) groups excluding carboxylic acids is 3. The van der Waals surface area contributed by atoms with Crippen LogP contribution >= 0.6 is 50.6 Å². The lowest BCUT2D eigenvalue weighted by Gasteiger charge is -2.12. The fraction of sp³-hybridized carbons (Fsp3) is 0.0303. The predicted molar refractivity (Wildman–Crippen MR) is 183 cm³/mol. The molecule has 1 aromatic heterocycles. The summed E-state index contributed by atoms with van der Waals surface area (Å²) in [6, 6.07) is 30.6. The number of thioether (sulfide) groups is 1. The number of halogens is 2. The lowest BCUT2D eigenvalue weighted by atomic mass is 10.1. The maximum Gasteiger partial charge on any atom is 0.272 e. The average molecular weight is 704 g/mol. The third-order valence-corrected chi connectivity index (χ3v) is 8.68. The fourth-order valence-electron chi connectivity index (χ4n) is 3.96. The molecule has 3 amide bonds. The minimum atomic E-state index is -0.491. The van der Waals surface area contributed by atoms with Gasteiger partial charge in [-0.25, -0.2) is 4.98 Å². The molecule has 0 aliphatic carbocycles. The molecule has 0 atom stereocenters. The molecule has 0 unspecified atom stereocenters.